The Morgan fingerprint density at radius 2 is 2.00 bits per heavy atom. The standard InChI is InChI=1S/C10H14N2O3/c1-14-7-5-3-4-6(9(7)15-2)8(11)10(12)13/h3-5,8H,11H2,1-2H3,(H2,12,13)/t8-/m1/s1. The van der Waals surface area contributed by atoms with E-state index in [1.54, 1.807) is 18.2 Å². The zero-order chi connectivity index (χ0) is 11.4. The minimum Gasteiger partial charge on any atom is -0.493 e. The second-order valence-electron chi connectivity index (χ2n) is 2.96. The highest BCUT2D eigenvalue weighted by atomic mass is 16.5. The minimum absolute atomic E-state index is 0.436. The molecule has 0 aromatic heterocycles. The summed E-state index contributed by atoms with van der Waals surface area (Å²) < 4.78 is 10.2. The Kier molecular flexibility index (Phi) is 3.51. The van der Waals surface area contributed by atoms with E-state index in [-0.39, 0.29) is 0 Å². The SMILES string of the molecule is COc1cccc([C@@H](N)C(N)=O)c1OC. The van der Waals surface area contributed by atoms with Crippen LogP contribution in [0.2, 0.25) is 0 Å². The number of carbonyl (C=O) groups excluding carboxylic acids is 1. The fourth-order valence-corrected chi connectivity index (χ4v) is 1.31. The number of methoxy groups -OCH3 is 2. The maximum absolute atomic E-state index is 11.0. The highest BCUT2D eigenvalue weighted by Gasteiger charge is 2.19. The molecule has 0 heterocycles. The van der Waals surface area contributed by atoms with E-state index in [2.05, 4.69) is 0 Å². The number of primary amides is 1. The highest BCUT2D eigenvalue weighted by Crippen LogP contribution is 2.33. The molecule has 0 unspecified atom stereocenters. The molecule has 5 nitrogen and oxygen atoms in total. The molecule has 1 aromatic carbocycles. The van der Waals surface area contributed by atoms with Gasteiger partial charge in [-0.3, -0.25) is 4.79 Å². The van der Waals surface area contributed by atoms with Gasteiger partial charge in [-0.05, 0) is 6.07 Å². The van der Waals surface area contributed by atoms with Gasteiger partial charge in [0, 0.05) is 5.56 Å². The van der Waals surface area contributed by atoms with Crippen molar-refractivity contribution in [1.82, 2.24) is 0 Å². The fourth-order valence-electron chi connectivity index (χ4n) is 1.31. The molecule has 1 rings (SSSR count). The molecule has 0 aliphatic rings. The summed E-state index contributed by atoms with van der Waals surface area (Å²) in [6.07, 6.45) is 0. The van der Waals surface area contributed by atoms with E-state index < -0.39 is 11.9 Å². The van der Waals surface area contributed by atoms with Gasteiger partial charge < -0.3 is 20.9 Å². The maximum Gasteiger partial charge on any atom is 0.239 e. The minimum atomic E-state index is -0.893. The molecule has 0 radical (unpaired) electrons. The topological polar surface area (TPSA) is 87.6 Å². The van der Waals surface area contributed by atoms with Crippen molar-refractivity contribution in [2.45, 2.75) is 6.04 Å². The zero-order valence-corrected chi connectivity index (χ0v) is 8.69. The number of hydrogen-bond acceptors (Lipinski definition) is 4. The highest BCUT2D eigenvalue weighted by molar-refractivity contribution is 5.82. The summed E-state index contributed by atoms with van der Waals surface area (Å²) in [5.74, 6) is 0.347. The quantitative estimate of drug-likeness (QED) is 0.742. The third-order valence-corrected chi connectivity index (χ3v) is 2.07. The van der Waals surface area contributed by atoms with Gasteiger partial charge in [0.25, 0.3) is 0 Å². The number of amides is 1. The molecule has 82 valence electrons. The molecule has 1 amide bonds. The summed E-state index contributed by atoms with van der Waals surface area (Å²) in [6.45, 7) is 0. The van der Waals surface area contributed by atoms with Crippen molar-refractivity contribution >= 4 is 5.91 Å². The van der Waals surface area contributed by atoms with Crippen LogP contribution in [0.5, 0.6) is 11.5 Å². The average Bonchev–Trinajstić information content (AvgIpc) is 2.26. The van der Waals surface area contributed by atoms with Crippen molar-refractivity contribution in [2.75, 3.05) is 14.2 Å². The molecular formula is C10H14N2O3. The van der Waals surface area contributed by atoms with Crippen molar-refractivity contribution in [2.24, 2.45) is 11.5 Å². The molecule has 0 aliphatic heterocycles. The lowest BCUT2D eigenvalue weighted by molar-refractivity contribution is -0.119. The van der Waals surface area contributed by atoms with Crippen molar-refractivity contribution < 1.29 is 14.3 Å². The third kappa shape index (κ3) is 2.19. The van der Waals surface area contributed by atoms with Crippen LogP contribution in [0.15, 0.2) is 18.2 Å². The molecule has 1 atom stereocenters. The van der Waals surface area contributed by atoms with Crippen molar-refractivity contribution in [3.05, 3.63) is 23.8 Å². The first-order valence-electron chi connectivity index (χ1n) is 4.37. The van der Waals surface area contributed by atoms with Crippen molar-refractivity contribution in [3.8, 4) is 11.5 Å². The smallest absolute Gasteiger partial charge is 0.239 e. The third-order valence-electron chi connectivity index (χ3n) is 2.07. The predicted molar refractivity (Wildman–Crippen MR) is 55.7 cm³/mol. The normalized spacial score (nSPS) is 11.9. The predicted octanol–water partition coefficient (Wildman–Crippen LogP) is 0.189. The van der Waals surface area contributed by atoms with Gasteiger partial charge in [0.05, 0.1) is 14.2 Å². The van der Waals surface area contributed by atoms with Crippen LogP contribution in [0.25, 0.3) is 0 Å². The van der Waals surface area contributed by atoms with Crippen molar-refractivity contribution in [3.63, 3.8) is 0 Å². The van der Waals surface area contributed by atoms with E-state index in [1.807, 2.05) is 0 Å². The molecule has 0 fully saturated rings. The van der Waals surface area contributed by atoms with E-state index in [9.17, 15) is 4.79 Å². The fraction of sp³-hybridized carbons (Fsp3) is 0.300. The number of rotatable bonds is 4. The van der Waals surface area contributed by atoms with Crippen LogP contribution >= 0.6 is 0 Å². The molecule has 0 bridgehead atoms. The summed E-state index contributed by atoms with van der Waals surface area (Å²) in [7, 11) is 2.99. The van der Waals surface area contributed by atoms with Crippen LogP contribution in [0.1, 0.15) is 11.6 Å². The number of hydrogen-bond donors (Lipinski definition) is 2. The van der Waals surface area contributed by atoms with Gasteiger partial charge in [-0.25, -0.2) is 0 Å². The maximum atomic E-state index is 11.0. The van der Waals surface area contributed by atoms with E-state index in [4.69, 9.17) is 20.9 Å². The van der Waals surface area contributed by atoms with Crippen LogP contribution in [0.4, 0.5) is 0 Å². The number of carbonyl (C=O) groups is 1. The van der Waals surface area contributed by atoms with Crippen molar-refractivity contribution in [1.29, 1.82) is 0 Å². The summed E-state index contributed by atoms with van der Waals surface area (Å²) in [6, 6.07) is 4.22. The van der Waals surface area contributed by atoms with Gasteiger partial charge in [0.2, 0.25) is 5.91 Å². The molecule has 0 aliphatic carbocycles. The van der Waals surface area contributed by atoms with E-state index in [0.29, 0.717) is 17.1 Å². The lowest BCUT2D eigenvalue weighted by Crippen LogP contribution is -2.28. The zero-order valence-electron chi connectivity index (χ0n) is 8.69. The largest absolute Gasteiger partial charge is 0.493 e. The monoisotopic (exact) mass is 210 g/mol. The molecule has 15 heavy (non-hydrogen) atoms. The first kappa shape index (κ1) is 11.3. The average molecular weight is 210 g/mol. The lowest BCUT2D eigenvalue weighted by atomic mass is 10.1. The molecule has 5 heteroatoms. The van der Waals surface area contributed by atoms with E-state index in [0.717, 1.165) is 0 Å². The summed E-state index contributed by atoms with van der Waals surface area (Å²) in [5, 5.41) is 0. The Hall–Kier alpha value is -1.75. The van der Waals surface area contributed by atoms with Gasteiger partial charge >= 0.3 is 0 Å². The molecular weight excluding hydrogens is 196 g/mol. The molecule has 0 spiro atoms. The van der Waals surface area contributed by atoms with E-state index in [1.165, 1.54) is 14.2 Å². The Balaban J connectivity index is 3.22. The first-order valence-corrected chi connectivity index (χ1v) is 4.37. The molecule has 0 saturated carbocycles. The summed E-state index contributed by atoms with van der Waals surface area (Å²) in [5.41, 5.74) is 11.3. The van der Waals surface area contributed by atoms with E-state index >= 15 is 0 Å². The Bertz CT molecular complexity index is 366. The summed E-state index contributed by atoms with van der Waals surface area (Å²) >= 11 is 0. The Labute approximate surface area is 88.0 Å². The molecule has 4 N–H and O–H groups in total. The molecule has 0 saturated heterocycles. The second-order valence-corrected chi connectivity index (χ2v) is 2.96. The lowest BCUT2D eigenvalue weighted by Gasteiger charge is -2.15. The number of para-hydroxylation sites is 1. The van der Waals surface area contributed by atoms with Gasteiger partial charge in [0.15, 0.2) is 11.5 Å². The van der Waals surface area contributed by atoms with Crippen LogP contribution in [0, 0.1) is 0 Å². The second kappa shape index (κ2) is 4.65. The first-order chi connectivity index (χ1) is 7.11. The van der Waals surface area contributed by atoms with Gasteiger partial charge in [0.1, 0.15) is 6.04 Å². The Morgan fingerprint density at radius 3 is 2.47 bits per heavy atom. The van der Waals surface area contributed by atoms with Gasteiger partial charge in [-0.1, -0.05) is 12.1 Å². The van der Waals surface area contributed by atoms with Gasteiger partial charge in [-0.2, -0.15) is 0 Å². The van der Waals surface area contributed by atoms with Crippen LogP contribution < -0.4 is 20.9 Å². The summed E-state index contributed by atoms with van der Waals surface area (Å²) in [4.78, 5) is 11.0. The van der Waals surface area contributed by atoms with Crippen LogP contribution in [-0.4, -0.2) is 20.1 Å². The van der Waals surface area contributed by atoms with Crippen LogP contribution in [-0.2, 0) is 4.79 Å². The molecule has 1 aromatic rings. The van der Waals surface area contributed by atoms with Crippen LogP contribution in [0.3, 0.4) is 0 Å². The van der Waals surface area contributed by atoms with Gasteiger partial charge in [-0.15, -0.1) is 0 Å². The number of nitrogens with two attached hydrogens (primary N) is 2. The number of ether oxygens (including phenoxy) is 2. The Morgan fingerprint density at radius 1 is 1.33 bits per heavy atom. The number of benzene rings is 1.